The fraction of sp³-hybridized carbons (Fsp3) is 0.222. The molecule has 0 N–H and O–H groups in total. The summed E-state index contributed by atoms with van der Waals surface area (Å²) >= 11 is 11.1. The van der Waals surface area contributed by atoms with Gasteiger partial charge in [0.2, 0.25) is 5.24 Å². The maximum absolute atomic E-state index is 10.6. The zero-order valence-electron chi connectivity index (χ0n) is 6.60. The lowest BCUT2D eigenvalue weighted by Gasteiger charge is -2.04. The van der Waals surface area contributed by atoms with Crippen molar-refractivity contribution in [3.8, 4) is 0 Å². The zero-order valence-corrected chi connectivity index (χ0v) is 8.12. The number of aryl methyl sites for hydroxylation is 1. The summed E-state index contributed by atoms with van der Waals surface area (Å²) in [5, 5.41) is 0.218. The molecule has 0 heterocycles. The van der Waals surface area contributed by atoms with Gasteiger partial charge in [0.1, 0.15) is 0 Å². The summed E-state index contributed by atoms with van der Waals surface area (Å²) in [7, 11) is 0. The maximum atomic E-state index is 10.6. The maximum Gasteiger partial charge on any atom is 0.226 e. The summed E-state index contributed by atoms with van der Waals surface area (Å²) < 4.78 is 0. The van der Waals surface area contributed by atoms with Gasteiger partial charge >= 0.3 is 0 Å². The van der Waals surface area contributed by atoms with Crippen LogP contribution in [0, 0.1) is 6.92 Å². The Labute approximate surface area is 81.3 Å². The minimum absolute atomic E-state index is 0.201. The van der Waals surface area contributed by atoms with Gasteiger partial charge in [0.15, 0.2) is 0 Å². The molecule has 0 aliphatic rings. The van der Waals surface area contributed by atoms with Gasteiger partial charge in [-0.1, -0.05) is 23.7 Å². The van der Waals surface area contributed by atoms with Gasteiger partial charge in [-0.2, -0.15) is 0 Å². The van der Waals surface area contributed by atoms with Gasteiger partial charge in [-0.3, -0.25) is 4.79 Å². The number of halogens is 2. The fourth-order valence-electron chi connectivity index (χ4n) is 1.03. The molecule has 0 spiro atoms. The predicted octanol–water partition coefficient (Wildman–Crippen LogP) is 2.96. The minimum Gasteiger partial charge on any atom is -0.281 e. The number of benzene rings is 1. The van der Waals surface area contributed by atoms with E-state index in [2.05, 4.69) is 0 Å². The Kier molecular flexibility index (Phi) is 3.12. The van der Waals surface area contributed by atoms with E-state index in [9.17, 15) is 4.79 Å². The van der Waals surface area contributed by atoms with Crippen molar-refractivity contribution in [1.82, 2.24) is 0 Å². The first kappa shape index (κ1) is 9.56. The van der Waals surface area contributed by atoms with Crippen molar-refractivity contribution < 1.29 is 4.79 Å². The normalized spacial score (nSPS) is 9.92. The smallest absolute Gasteiger partial charge is 0.226 e. The Morgan fingerprint density at radius 2 is 2.17 bits per heavy atom. The first-order valence-electron chi connectivity index (χ1n) is 3.53. The molecule has 0 fully saturated rings. The van der Waals surface area contributed by atoms with Crippen molar-refractivity contribution in [1.29, 1.82) is 0 Å². The Morgan fingerprint density at radius 1 is 1.50 bits per heavy atom. The van der Waals surface area contributed by atoms with Crippen LogP contribution in [-0.4, -0.2) is 5.24 Å². The molecule has 1 rings (SSSR count). The first-order chi connectivity index (χ1) is 5.61. The quantitative estimate of drug-likeness (QED) is 0.675. The molecule has 0 aliphatic carbocycles. The van der Waals surface area contributed by atoms with E-state index in [-0.39, 0.29) is 11.7 Å². The summed E-state index contributed by atoms with van der Waals surface area (Å²) in [4.78, 5) is 10.6. The Bertz CT molecular complexity index is 287. The molecule has 12 heavy (non-hydrogen) atoms. The Balaban J connectivity index is 3.04. The fourth-order valence-corrected chi connectivity index (χ4v) is 1.45. The van der Waals surface area contributed by atoms with Gasteiger partial charge in [-0.05, 0) is 35.7 Å². The van der Waals surface area contributed by atoms with Crippen molar-refractivity contribution in [3.63, 3.8) is 0 Å². The summed E-state index contributed by atoms with van der Waals surface area (Å²) in [5.74, 6) is 0. The second-order valence-corrected chi connectivity index (χ2v) is 3.40. The molecule has 0 unspecified atom stereocenters. The summed E-state index contributed by atoms with van der Waals surface area (Å²) in [5.41, 5.74) is 1.82. The van der Waals surface area contributed by atoms with E-state index in [1.54, 1.807) is 6.07 Å². The van der Waals surface area contributed by atoms with E-state index in [1.165, 1.54) is 0 Å². The Morgan fingerprint density at radius 3 is 2.67 bits per heavy atom. The molecule has 3 heteroatoms. The molecule has 0 aromatic heterocycles. The highest BCUT2D eigenvalue weighted by Gasteiger charge is 2.06. The van der Waals surface area contributed by atoms with Crippen LogP contribution in [0.4, 0.5) is 0 Å². The lowest BCUT2D eigenvalue weighted by Crippen LogP contribution is -1.97. The van der Waals surface area contributed by atoms with Gasteiger partial charge < -0.3 is 0 Å². The third-order valence-corrected chi connectivity index (χ3v) is 2.16. The molecule has 0 amide bonds. The molecule has 0 aliphatic heterocycles. The van der Waals surface area contributed by atoms with Gasteiger partial charge in [0.05, 0.1) is 0 Å². The van der Waals surface area contributed by atoms with E-state index in [1.807, 2.05) is 19.1 Å². The van der Waals surface area contributed by atoms with Crippen LogP contribution >= 0.6 is 23.2 Å². The molecule has 0 radical (unpaired) electrons. The van der Waals surface area contributed by atoms with Crippen molar-refractivity contribution >= 4 is 28.4 Å². The van der Waals surface area contributed by atoms with Crippen LogP contribution in [0.25, 0.3) is 0 Å². The average molecular weight is 203 g/mol. The summed E-state index contributed by atoms with van der Waals surface area (Å²) in [6, 6.07) is 5.50. The minimum atomic E-state index is -0.383. The number of hydrogen-bond acceptors (Lipinski definition) is 1. The highest BCUT2D eigenvalue weighted by atomic mass is 35.5. The average Bonchev–Trinajstić information content (AvgIpc) is 1.97. The van der Waals surface area contributed by atoms with Crippen LogP contribution in [-0.2, 0) is 11.2 Å². The van der Waals surface area contributed by atoms with Crippen molar-refractivity contribution in [3.05, 3.63) is 34.3 Å². The molecule has 0 bridgehead atoms. The number of hydrogen-bond donors (Lipinski definition) is 0. The molecular weight excluding hydrogens is 195 g/mol. The Hall–Kier alpha value is -0.530. The van der Waals surface area contributed by atoms with Gasteiger partial charge in [-0.15, -0.1) is 0 Å². The zero-order chi connectivity index (χ0) is 9.14. The molecule has 0 atom stereocenters. The van der Waals surface area contributed by atoms with E-state index in [0.29, 0.717) is 5.02 Å². The largest absolute Gasteiger partial charge is 0.281 e. The summed E-state index contributed by atoms with van der Waals surface area (Å²) in [6.45, 7) is 1.90. The lowest BCUT2D eigenvalue weighted by molar-refractivity contribution is -0.111. The highest BCUT2D eigenvalue weighted by Crippen LogP contribution is 2.20. The van der Waals surface area contributed by atoms with Gasteiger partial charge in [-0.25, -0.2) is 0 Å². The van der Waals surface area contributed by atoms with Crippen LogP contribution in [0.5, 0.6) is 0 Å². The van der Waals surface area contributed by atoms with Gasteiger partial charge in [0.25, 0.3) is 0 Å². The number of rotatable bonds is 2. The topological polar surface area (TPSA) is 17.1 Å². The van der Waals surface area contributed by atoms with Gasteiger partial charge in [0, 0.05) is 11.4 Å². The van der Waals surface area contributed by atoms with Crippen LogP contribution in [0.2, 0.25) is 5.02 Å². The number of carbonyl (C=O) groups is 1. The highest BCUT2D eigenvalue weighted by molar-refractivity contribution is 6.63. The molecule has 1 aromatic rings. The van der Waals surface area contributed by atoms with Crippen molar-refractivity contribution in [2.24, 2.45) is 0 Å². The monoisotopic (exact) mass is 202 g/mol. The SMILES string of the molecule is Cc1cccc(Cl)c1CC(=O)Cl. The van der Waals surface area contributed by atoms with E-state index >= 15 is 0 Å². The summed E-state index contributed by atoms with van der Waals surface area (Å²) in [6.07, 6.45) is 0.201. The van der Waals surface area contributed by atoms with E-state index in [4.69, 9.17) is 23.2 Å². The van der Waals surface area contributed by atoms with E-state index < -0.39 is 0 Å². The third-order valence-electron chi connectivity index (χ3n) is 1.67. The van der Waals surface area contributed by atoms with Crippen LogP contribution < -0.4 is 0 Å². The lowest BCUT2D eigenvalue weighted by atomic mass is 10.1. The molecule has 1 aromatic carbocycles. The third kappa shape index (κ3) is 2.23. The first-order valence-corrected chi connectivity index (χ1v) is 4.29. The number of carbonyl (C=O) groups excluding carboxylic acids is 1. The predicted molar refractivity (Wildman–Crippen MR) is 50.8 cm³/mol. The van der Waals surface area contributed by atoms with E-state index in [0.717, 1.165) is 11.1 Å². The molecule has 1 nitrogen and oxygen atoms in total. The van der Waals surface area contributed by atoms with Crippen molar-refractivity contribution in [2.45, 2.75) is 13.3 Å². The van der Waals surface area contributed by atoms with Crippen LogP contribution in [0.15, 0.2) is 18.2 Å². The second kappa shape index (κ2) is 3.92. The van der Waals surface area contributed by atoms with Crippen LogP contribution in [0.1, 0.15) is 11.1 Å². The molecule has 0 saturated carbocycles. The second-order valence-electron chi connectivity index (χ2n) is 2.57. The molecular formula is C9H8Cl2O. The van der Waals surface area contributed by atoms with Crippen LogP contribution in [0.3, 0.4) is 0 Å². The molecule has 0 saturated heterocycles. The van der Waals surface area contributed by atoms with Crippen molar-refractivity contribution in [2.75, 3.05) is 0 Å². The standard InChI is InChI=1S/C9H8Cl2O/c1-6-3-2-4-8(10)7(6)5-9(11)12/h2-4H,5H2,1H3. The molecule has 64 valence electrons.